The highest BCUT2D eigenvalue weighted by atomic mass is 35.5. The number of carbonyl (C=O) groups is 2. The molecule has 6 nitrogen and oxygen atoms in total. The first-order chi connectivity index (χ1) is 9.92. The summed E-state index contributed by atoms with van der Waals surface area (Å²) < 4.78 is 9.83. The van der Waals surface area contributed by atoms with Crippen molar-refractivity contribution in [2.45, 2.75) is 6.61 Å². The highest BCUT2D eigenvalue weighted by Crippen LogP contribution is 2.22. The predicted molar refractivity (Wildman–Crippen MR) is 80.1 cm³/mol. The Kier molecular flexibility index (Phi) is 6.98. The maximum absolute atomic E-state index is 11.5. The van der Waals surface area contributed by atoms with Gasteiger partial charge in [0.2, 0.25) is 0 Å². The number of likely N-dealkylation sites (N-methyl/N-ethyl adjacent to an activating group) is 1. The highest BCUT2D eigenvalue weighted by Gasteiger charge is 2.11. The molecular formula is C14H18ClN2O4. The normalized spacial score (nSPS) is 10.3. The average molecular weight is 314 g/mol. The molecule has 1 radical (unpaired) electrons. The van der Waals surface area contributed by atoms with Crippen LogP contribution in [0.4, 0.5) is 10.5 Å². The second-order valence-corrected chi connectivity index (χ2v) is 4.90. The minimum atomic E-state index is -0.645. The van der Waals surface area contributed by atoms with E-state index in [0.29, 0.717) is 16.3 Å². The Labute approximate surface area is 129 Å². The topological polar surface area (TPSA) is 67.9 Å². The van der Waals surface area contributed by atoms with Crippen molar-refractivity contribution in [3.05, 3.63) is 35.7 Å². The van der Waals surface area contributed by atoms with Crippen LogP contribution in [0.5, 0.6) is 0 Å². The van der Waals surface area contributed by atoms with Gasteiger partial charge in [-0.1, -0.05) is 17.7 Å². The molecule has 0 unspecified atom stereocenters. The number of halogens is 1. The van der Waals surface area contributed by atoms with Crippen molar-refractivity contribution in [2.75, 3.05) is 32.6 Å². The summed E-state index contributed by atoms with van der Waals surface area (Å²) in [6, 6.07) is 4.88. The Hall–Kier alpha value is -1.79. The zero-order valence-corrected chi connectivity index (χ0v) is 12.8. The molecule has 0 aliphatic rings. The molecule has 0 saturated carbocycles. The number of rotatable bonds is 6. The molecule has 1 rings (SSSR count). The number of carbonyl (C=O) groups excluding carboxylic acids is 2. The molecule has 21 heavy (non-hydrogen) atoms. The lowest BCUT2D eigenvalue weighted by molar-refractivity contribution is -0.145. The van der Waals surface area contributed by atoms with E-state index in [-0.39, 0.29) is 25.7 Å². The third kappa shape index (κ3) is 6.46. The van der Waals surface area contributed by atoms with Crippen LogP contribution in [-0.2, 0) is 20.9 Å². The molecule has 0 spiro atoms. The molecule has 7 heteroatoms. The molecule has 115 valence electrons. The molecule has 0 aromatic heterocycles. The summed E-state index contributed by atoms with van der Waals surface area (Å²) in [5.41, 5.74) is 1.05. The second kappa shape index (κ2) is 8.49. The quantitative estimate of drug-likeness (QED) is 0.816. The Morgan fingerprint density at radius 2 is 2.05 bits per heavy atom. The number of esters is 1. The van der Waals surface area contributed by atoms with E-state index in [1.807, 2.05) is 0 Å². The second-order valence-electron chi connectivity index (χ2n) is 4.46. The SMILES string of the molecule is [CH2]COC(=O)Nc1cc(Cl)ccc1COC(=O)CN(C)C. The van der Waals surface area contributed by atoms with Gasteiger partial charge in [-0.2, -0.15) is 0 Å². The van der Waals surface area contributed by atoms with Crippen LogP contribution in [0.3, 0.4) is 0 Å². The third-order valence-electron chi connectivity index (χ3n) is 2.38. The van der Waals surface area contributed by atoms with Crippen molar-refractivity contribution in [3.8, 4) is 0 Å². The summed E-state index contributed by atoms with van der Waals surface area (Å²) >= 11 is 5.89. The van der Waals surface area contributed by atoms with E-state index < -0.39 is 6.09 Å². The van der Waals surface area contributed by atoms with E-state index in [0.717, 1.165) is 0 Å². The first kappa shape index (κ1) is 17.3. The fourth-order valence-electron chi connectivity index (χ4n) is 1.49. The minimum absolute atomic E-state index is 0.0134. The Balaban J connectivity index is 2.72. The van der Waals surface area contributed by atoms with Gasteiger partial charge in [-0.3, -0.25) is 15.0 Å². The molecule has 0 saturated heterocycles. The lowest BCUT2D eigenvalue weighted by Gasteiger charge is -2.13. The molecule has 0 aliphatic heterocycles. The minimum Gasteiger partial charge on any atom is -0.460 e. The number of benzene rings is 1. The van der Waals surface area contributed by atoms with E-state index in [1.54, 1.807) is 37.2 Å². The van der Waals surface area contributed by atoms with Crippen LogP contribution in [0.25, 0.3) is 0 Å². The maximum Gasteiger partial charge on any atom is 0.411 e. The van der Waals surface area contributed by atoms with Gasteiger partial charge >= 0.3 is 12.1 Å². The van der Waals surface area contributed by atoms with Gasteiger partial charge in [-0.25, -0.2) is 4.79 Å². The van der Waals surface area contributed by atoms with Crippen molar-refractivity contribution in [2.24, 2.45) is 0 Å². The van der Waals surface area contributed by atoms with E-state index in [1.165, 1.54) is 0 Å². The third-order valence-corrected chi connectivity index (χ3v) is 2.61. The summed E-state index contributed by atoms with van der Waals surface area (Å²) in [6.07, 6.45) is -0.645. The number of amides is 1. The number of hydrogen-bond acceptors (Lipinski definition) is 5. The summed E-state index contributed by atoms with van der Waals surface area (Å²) in [5, 5.41) is 2.98. The molecule has 0 heterocycles. The maximum atomic E-state index is 11.5. The molecule has 1 N–H and O–H groups in total. The Bertz CT molecular complexity index is 506. The molecule has 1 aromatic carbocycles. The fraction of sp³-hybridized carbons (Fsp3) is 0.357. The molecule has 1 amide bonds. The van der Waals surface area contributed by atoms with Gasteiger partial charge in [0.1, 0.15) is 6.61 Å². The van der Waals surface area contributed by atoms with Crippen molar-refractivity contribution in [1.29, 1.82) is 0 Å². The first-order valence-corrected chi connectivity index (χ1v) is 6.62. The van der Waals surface area contributed by atoms with Gasteiger partial charge in [0.05, 0.1) is 18.8 Å². The van der Waals surface area contributed by atoms with Crippen LogP contribution in [0.15, 0.2) is 18.2 Å². The van der Waals surface area contributed by atoms with E-state index in [2.05, 4.69) is 12.2 Å². The standard InChI is InChI=1S/C14H18ClN2O4/c1-4-20-14(19)16-12-7-11(15)6-5-10(12)9-21-13(18)8-17(2)3/h5-7H,1,4,8-9H2,2-3H3,(H,16,19). The van der Waals surface area contributed by atoms with Crippen LogP contribution < -0.4 is 5.32 Å². The Morgan fingerprint density at radius 3 is 2.67 bits per heavy atom. The average Bonchev–Trinajstić information content (AvgIpc) is 2.37. The van der Waals surface area contributed by atoms with Gasteiger partial charge in [0.25, 0.3) is 0 Å². The number of nitrogens with one attached hydrogen (secondary N) is 1. The first-order valence-electron chi connectivity index (χ1n) is 6.24. The van der Waals surface area contributed by atoms with Crippen LogP contribution in [0.1, 0.15) is 5.56 Å². The van der Waals surface area contributed by atoms with E-state index in [9.17, 15) is 9.59 Å². The van der Waals surface area contributed by atoms with Crippen LogP contribution in [0, 0.1) is 6.92 Å². The van der Waals surface area contributed by atoms with Crippen molar-refractivity contribution >= 4 is 29.4 Å². The van der Waals surface area contributed by atoms with Crippen LogP contribution in [0.2, 0.25) is 5.02 Å². The van der Waals surface area contributed by atoms with Gasteiger partial charge in [0, 0.05) is 10.6 Å². The predicted octanol–water partition coefficient (Wildman–Crippen LogP) is 2.33. The smallest absolute Gasteiger partial charge is 0.411 e. The van der Waals surface area contributed by atoms with Gasteiger partial charge in [-0.05, 0) is 33.2 Å². The van der Waals surface area contributed by atoms with Crippen molar-refractivity contribution < 1.29 is 19.1 Å². The van der Waals surface area contributed by atoms with E-state index in [4.69, 9.17) is 21.1 Å². The Morgan fingerprint density at radius 1 is 1.33 bits per heavy atom. The monoisotopic (exact) mass is 313 g/mol. The lowest BCUT2D eigenvalue weighted by atomic mass is 10.2. The van der Waals surface area contributed by atoms with Crippen LogP contribution >= 0.6 is 11.6 Å². The van der Waals surface area contributed by atoms with Gasteiger partial charge in [-0.15, -0.1) is 0 Å². The van der Waals surface area contributed by atoms with Crippen LogP contribution in [-0.4, -0.2) is 44.2 Å². The molecule has 0 atom stereocenters. The fourth-order valence-corrected chi connectivity index (χ4v) is 1.66. The molecule has 0 bridgehead atoms. The van der Waals surface area contributed by atoms with Crippen molar-refractivity contribution in [3.63, 3.8) is 0 Å². The van der Waals surface area contributed by atoms with Crippen molar-refractivity contribution in [1.82, 2.24) is 4.90 Å². The number of hydrogen-bond donors (Lipinski definition) is 1. The number of ether oxygens (including phenoxy) is 2. The van der Waals surface area contributed by atoms with Gasteiger partial charge in [0.15, 0.2) is 0 Å². The number of anilines is 1. The largest absolute Gasteiger partial charge is 0.460 e. The molecular weight excluding hydrogens is 296 g/mol. The summed E-state index contributed by atoms with van der Waals surface area (Å²) in [5.74, 6) is -0.360. The zero-order chi connectivity index (χ0) is 15.8. The lowest BCUT2D eigenvalue weighted by Crippen LogP contribution is -2.23. The summed E-state index contributed by atoms with van der Waals surface area (Å²) in [7, 11) is 3.54. The zero-order valence-electron chi connectivity index (χ0n) is 12.0. The van der Waals surface area contributed by atoms with E-state index >= 15 is 0 Å². The molecule has 0 aliphatic carbocycles. The molecule has 0 fully saturated rings. The number of nitrogens with zero attached hydrogens (tertiary/aromatic N) is 1. The summed E-state index contributed by atoms with van der Waals surface area (Å²) in [6.45, 7) is 3.64. The summed E-state index contributed by atoms with van der Waals surface area (Å²) in [4.78, 5) is 24.7. The van der Waals surface area contributed by atoms with Gasteiger partial charge < -0.3 is 9.47 Å². The molecule has 1 aromatic rings. The highest BCUT2D eigenvalue weighted by molar-refractivity contribution is 6.31.